The zero-order valence-corrected chi connectivity index (χ0v) is 14.2. The first-order valence-corrected chi connectivity index (χ1v) is 8.73. The van der Waals surface area contributed by atoms with Crippen LogP contribution >= 0.6 is 0 Å². The van der Waals surface area contributed by atoms with Gasteiger partial charge in [-0.3, -0.25) is 0 Å². The van der Waals surface area contributed by atoms with E-state index in [-0.39, 0.29) is 0 Å². The van der Waals surface area contributed by atoms with Crippen LogP contribution < -0.4 is 0 Å². The van der Waals surface area contributed by atoms with Crippen molar-refractivity contribution in [2.75, 3.05) is 6.61 Å². The maximum absolute atomic E-state index is 5.82. The molecule has 1 nitrogen and oxygen atoms in total. The van der Waals surface area contributed by atoms with Crippen LogP contribution in [0.1, 0.15) is 37.3 Å². The second-order valence-corrected chi connectivity index (χ2v) is 6.03. The Bertz CT molecular complexity index is 736. The van der Waals surface area contributed by atoms with Gasteiger partial charge in [-0.2, -0.15) is 0 Å². The molecule has 0 amide bonds. The molecular formula is C23H24O. The zero-order chi connectivity index (χ0) is 16.6. The Morgan fingerprint density at radius 1 is 1.00 bits per heavy atom. The molecular weight excluding hydrogens is 292 g/mol. The fourth-order valence-corrected chi connectivity index (χ4v) is 2.87. The molecule has 0 aromatic heterocycles. The standard InChI is InChI=1S/C23H24O/c1-2-3-10-22(20-11-6-4-7-12-20)17-19-15-16-24-23(18-19)21-13-8-5-9-14-21/h4-9,11-15,17-18H,2-3,10,16H2,1H3/b22-17-. The van der Waals surface area contributed by atoms with Crippen molar-refractivity contribution in [2.24, 2.45) is 0 Å². The van der Waals surface area contributed by atoms with Crippen molar-refractivity contribution >= 4 is 11.3 Å². The summed E-state index contributed by atoms with van der Waals surface area (Å²) in [4.78, 5) is 0. The lowest BCUT2D eigenvalue weighted by Crippen LogP contribution is -1.99. The normalized spacial score (nSPS) is 14.6. The summed E-state index contributed by atoms with van der Waals surface area (Å²) in [6, 6.07) is 21.0. The molecule has 0 unspecified atom stereocenters. The Morgan fingerprint density at radius 3 is 2.42 bits per heavy atom. The Hall–Kier alpha value is -2.54. The van der Waals surface area contributed by atoms with Crippen LogP contribution in [0.4, 0.5) is 0 Å². The van der Waals surface area contributed by atoms with Gasteiger partial charge in [-0.1, -0.05) is 80.1 Å². The van der Waals surface area contributed by atoms with Crippen molar-refractivity contribution in [3.63, 3.8) is 0 Å². The van der Waals surface area contributed by atoms with E-state index in [1.54, 1.807) is 0 Å². The van der Waals surface area contributed by atoms with E-state index in [2.05, 4.69) is 67.6 Å². The molecule has 0 bridgehead atoms. The van der Waals surface area contributed by atoms with E-state index in [1.807, 2.05) is 18.2 Å². The molecule has 1 heteroatoms. The minimum absolute atomic E-state index is 0.627. The van der Waals surface area contributed by atoms with E-state index in [0.29, 0.717) is 6.61 Å². The van der Waals surface area contributed by atoms with Gasteiger partial charge in [0.05, 0.1) is 0 Å². The van der Waals surface area contributed by atoms with E-state index in [1.165, 1.54) is 29.6 Å². The summed E-state index contributed by atoms with van der Waals surface area (Å²) in [5.41, 5.74) is 5.07. The number of ether oxygens (including phenoxy) is 1. The highest BCUT2D eigenvalue weighted by molar-refractivity contribution is 5.72. The SMILES string of the molecule is CCCC/C(=C/C1=CCOC(c2ccccc2)=C1)c1ccccc1. The Labute approximate surface area is 145 Å². The summed E-state index contributed by atoms with van der Waals surface area (Å²) in [5.74, 6) is 0.951. The first-order valence-electron chi connectivity index (χ1n) is 8.73. The summed E-state index contributed by atoms with van der Waals surface area (Å²) < 4.78 is 5.82. The van der Waals surface area contributed by atoms with Gasteiger partial charge in [0.25, 0.3) is 0 Å². The molecule has 2 aromatic carbocycles. The van der Waals surface area contributed by atoms with E-state index >= 15 is 0 Å². The lowest BCUT2D eigenvalue weighted by molar-refractivity contribution is 0.315. The number of hydrogen-bond acceptors (Lipinski definition) is 1. The molecule has 0 fully saturated rings. The van der Waals surface area contributed by atoms with Gasteiger partial charge in [0, 0.05) is 5.56 Å². The topological polar surface area (TPSA) is 9.23 Å². The lowest BCUT2D eigenvalue weighted by Gasteiger charge is -2.15. The van der Waals surface area contributed by atoms with Crippen LogP contribution in [-0.2, 0) is 4.74 Å². The minimum atomic E-state index is 0.627. The quantitative estimate of drug-likeness (QED) is 0.611. The van der Waals surface area contributed by atoms with Crippen LogP contribution in [0.3, 0.4) is 0 Å². The molecule has 1 aliphatic heterocycles. The first-order chi connectivity index (χ1) is 11.9. The average molecular weight is 316 g/mol. The Morgan fingerprint density at radius 2 is 1.71 bits per heavy atom. The monoisotopic (exact) mass is 316 g/mol. The summed E-state index contributed by atoms with van der Waals surface area (Å²) >= 11 is 0. The van der Waals surface area contributed by atoms with E-state index in [4.69, 9.17) is 4.74 Å². The third-order valence-corrected chi connectivity index (χ3v) is 4.20. The van der Waals surface area contributed by atoms with Gasteiger partial charge in [-0.25, -0.2) is 0 Å². The largest absolute Gasteiger partial charge is 0.489 e. The van der Waals surface area contributed by atoms with Crippen LogP contribution in [0.2, 0.25) is 0 Å². The van der Waals surface area contributed by atoms with Crippen molar-refractivity contribution in [2.45, 2.75) is 26.2 Å². The van der Waals surface area contributed by atoms with Crippen molar-refractivity contribution in [1.82, 2.24) is 0 Å². The third-order valence-electron chi connectivity index (χ3n) is 4.20. The molecule has 0 saturated carbocycles. The molecule has 122 valence electrons. The highest BCUT2D eigenvalue weighted by Gasteiger charge is 2.09. The third kappa shape index (κ3) is 4.26. The fraction of sp³-hybridized carbons (Fsp3) is 0.217. The fourth-order valence-electron chi connectivity index (χ4n) is 2.87. The maximum atomic E-state index is 5.82. The smallest absolute Gasteiger partial charge is 0.127 e. The van der Waals surface area contributed by atoms with Gasteiger partial charge in [0.2, 0.25) is 0 Å². The average Bonchev–Trinajstić information content (AvgIpc) is 2.67. The zero-order valence-electron chi connectivity index (χ0n) is 14.2. The van der Waals surface area contributed by atoms with Gasteiger partial charge >= 0.3 is 0 Å². The van der Waals surface area contributed by atoms with Crippen LogP contribution in [0.25, 0.3) is 11.3 Å². The van der Waals surface area contributed by atoms with Crippen LogP contribution in [0.5, 0.6) is 0 Å². The summed E-state index contributed by atoms with van der Waals surface area (Å²) in [6.45, 7) is 2.87. The molecule has 0 spiro atoms. The number of hydrogen-bond donors (Lipinski definition) is 0. The second kappa shape index (κ2) is 8.35. The predicted octanol–water partition coefficient (Wildman–Crippen LogP) is 6.26. The molecule has 0 atom stereocenters. The molecule has 1 heterocycles. The van der Waals surface area contributed by atoms with E-state index in [9.17, 15) is 0 Å². The van der Waals surface area contributed by atoms with Crippen LogP contribution in [0, 0.1) is 0 Å². The summed E-state index contributed by atoms with van der Waals surface area (Å²) in [6.07, 6.45) is 10.1. The van der Waals surface area contributed by atoms with Crippen molar-refractivity contribution in [3.05, 3.63) is 95.6 Å². The number of allylic oxidation sites excluding steroid dienone is 4. The lowest BCUT2D eigenvalue weighted by atomic mass is 9.97. The first kappa shape index (κ1) is 16.3. The number of rotatable bonds is 6. The Balaban J connectivity index is 1.89. The van der Waals surface area contributed by atoms with Gasteiger partial charge in [0.15, 0.2) is 0 Å². The second-order valence-electron chi connectivity index (χ2n) is 6.03. The van der Waals surface area contributed by atoms with Crippen molar-refractivity contribution < 1.29 is 4.74 Å². The highest BCUT2D eigenvalue weighted by atomic mass is 16.5. The maximum Gasteiger partial charge on any atom is 0.127 e. The molecule has 1 aliphatic rings. The number of benzene rings is 2. The number of unbranched alkanes of at least 4 members (excludes halogenated alkanes) is 1. The van der Waals surface area contributed by atoms with Crippen LogP contribution in [-0.4, -0.2) is 6.61 Å². The van der Waals surface area contributed by atoms with Crippen molar-refractivity contribution in [1.29, 1.82) is 0 Å². The molecule has 0 N–H and O–H groups in total. The molecule has 24 heavy (non-hydrogen) atoms. The summed E-state index contributed by atoms with van der Waals surface area (Å²) in [7, 11) is 0. The van der Waals surface area contributed by atoms with Gasteiger partial charge < -0.3 is 4.74 Å². The molecule has 0 saturated heterocycles. The Kier molecular flexibility index (Phi) is 5.68. The minimum Gasteiger partial charge on any atom is -0.489 e. The van der Waals surface area contributed by atoms with Gasteiger partial charge in [-0.15, -0.1) is 0 Å². The molecule has 3 rings (SSSR count). The molecule has 0 radical (unpaired) electrons. The molecule has 2 aromatic rings. The predicted molar refractivity (Wildman–Crippen MR) is 102 cm³/mol. The highest BCUT2D eigenvalue weighted by Crippen LogP contribution is 2.27. The van der Waals surface area contributed by atoms with E-state index < -0.39 is 0 Å². The van der Waals surface area contributed by atoms with E-state index in [0.717, 1.165) is 17.7 Å². The summed E-state index contributed by atoms with van der Waals surface area (Å²) in [5, 5.41) is 0. The van der Waals surface area contributed by atoms with Gasteiger partial charge in [0.1, 0.15) is 12.4 Å². The molecule has 0 aliphatic carbocycles. The van der Waals surface area contributed by atoms with Gasteiger partial charge in [-0.05, 0) is 41.7 Å². The van der Waals surface area contributed by atoms with Crippen molar-refractivity contribution in [3.8, 4) is 0 Å². The van der Waals surface area contributed by atoms with Crippen LogP contribution in [0.15, 0.2) is 84.5 Å².